The van der Waals surface area contributed by atoms with Gasteiger partial charge in [-0.15, -0.1) is 0 Å². The van der Waals surface area contributed by atoms with Gasteiger partial charge >= 0.3 is 0 Å². The second-order valence-corrected chi connectivity index (χ2v) is 12.2. The van der Waals surface area contributed by atoms with Crippen LogP contribution in [0, 0.1) is 18.7 Å². The molecule has 0 heterocycles. The minimum Gasteiger partial charge on any atom is -0.354 e. The first-order chi connectivity index (χ1) is 18.9. The van der Waals surface area contributed by atoms with Gasteiger partial charge in [0.15, 0.2) is 0 Å². The van der Waals surface area contributed by atoms with E-state index in [1.54, 1.807) is 50.2 Å². The van der Waals surface area contributed by atoms with Crippen molar-refractivity contribution >= 4 is 39.1 Å². The number of amides is 2. The lowest BCUT2D eigenvalue weighted by molar-refractivity contribution is -0.140. The number of halogens is 2. The number of anilines is 1. The minimum absolute atomic E-state index is 0.00831. The maximum Gasteiger partial charge on any atom is 0.264 e. The van der Waals surface area contributed by atoms with Gasteiger partial charge in [-0.3, -0.25) is 13.9 Å². The van der Waals surface area contributed by atoms with Gasteiger partial charge in [0.05, 0.1) is 10.6 Å². The first-order valence-corrected chi connectivity index (χ1v) is 14.9. The lowest BCUT2D eigenvalue weighted by atomic mass is 10.1. The fraction of sp³-hybridized carbons (Fsp3) is 0.333. The molecule has 1 N–H and O–H groups in total. The molecule has 7 nitrogen and oxygen atoms in total. The number of carbonyl (C=O) groups is 2. The molecule has 0 radical (unpaired) electrons. The van der Waals surface area contributed by atoms with E-state index in [1.807, 2.05) is 13.8 Å². The van der Waals surface area contributed by atoms with Crippen molar-refractivity contribution in [2.75, 3.05) is 17.4 Å². The van der Waals surface area contributed by atoms with E-state index in [4.69, 9.17) is 11.6 Å². The van der Waals surface area contributed by atoms with Crippen LogP contribution in [0.15, 0.2) is 77.7 Å². The summed E-state index contributed by atoms with van der Waals surface area (Å²) in [6, 6.07) is 17.4. The number of hydrogen-bond donors (Lipinski definition) is 1. The Bertz CT molecular complexity index is 1420. The van der Waals surface area contributed by atoms with Crippen LogP contribution in [0.2, 0.25) is 5.02 Å². The molecule has 3 aromatic rings. The highest BCUT2D eigenvalue weighted by Crippen LogP contribution is 2.31. The van der Waals surface area contributed by atoms with E-state index in [0.29, 0.717) is 29.1 Å². The molecule has 0 aromatic heterocycles. The highest BCUT2D eigenvalue weighted by atomic mass is 35.5. The van der Waals surface area contributed by atoms with Gasteiger partial charge in [0.2, 0.25) is 11.8 Å². The smallest absolute Gasteiger partial charge is 0.264 e. The molecule has 0 spiro atoms. The second kappa shape index (κ2) is 13.8. The lowest BCUT2D eigenvalue weighted by Crippen LogP contribution is -2.52. The third-order valence-corrected chi connectivity index (χ3v) is 8.64. The zero-order valence-electron chi connectivity index (χ0n) is 23.1. The van der Waals surface area contributed by atoms with E-state index in [1.165, 1.54) is 41.3 Å². The topological polar surface area (TPSA) is 86.8 Å². The molecule has 0 aliphatic heterocycles. The Kier molecular flexibility index (Phi) is 10.7. The Hall–Kier alpha value is -3.43. The number of benzene rings is 3. The van der Waals surface area contributed by atoms with Crippen molar-refractivity contribution < 1.29 is 22.4 Å². The molecule has 0 saturated carbocycles. The number of carbonyl (C=O) groups excluding carboxylic acids is 2. The SMILES string of the molecule is CC[C@@H](C(=O)NCC(C)C)N(Cc1ccc(F)cc1)C(=O)CN(c1cccc(Cl)c1C)S(=O)(=O)c1ccccc1. The largest absolute Gasteiger partial charge is 0.354 e. The molecule has 0 fully saturated rings. The van der Waals surface area contributed by atoms with Gasteiger partial charge in [0, 0.05) is 18.1 Å². The maximum absolute atomic E-state index is 14.0. The highest BCUT2D eigenvalue weighted by Gasteiger charge is 2.34. The summed E-state index contributed by atoms with van der Waals surface area (Å²) in [6.07, 6.45) is 0.290. The van der Waals surface area contributed by atoms with Gasteiger partial charge in [0.25, 0.3) is 10.0 Å². The van der Waals surface area contributed by atoms with Crippen molar-refractivity contribution in [3.05, 3.63) is 94.8 Å². The van der Waals surface area contributed by atoms with Crippen molar-refractivity contribution in [2.45, 2.75) is 51.6 Å². The summed E-state index contributed by atoms with van der Waals surface area (Å²) < 4.78 is 42.4. The molecule has 214 valence electrons. The van der Waals surface area contributed by atoms with Crippen molar-refractivity contribution in [1.29, 1.82) is 0 Å². The molecular formula is C30H35ClFN3O4S. The summed E-state index contributed by atoms with van der Waals surface area (Å²) in [5.74, 6) is -1.17. The van der Waals surface area contributed by atoms with Crippen molar-refractivity contribution in [3.63, 3.8) is 0 Å². The predicted molar refractivity (Wildman–Crippen MR) is 156 cm³/mol. The summed E-state index contributed by atoms with van der Waals surface area (Å²) in [5.41, 5.74) is 1.34. The van der Waals surface area contributed by atoms with Crippen molar-refractivity contribution in [2.24, 2.45) is 5.92 Å². The fourth-order valence-electron chi connectivity index (χ4n) is 4.23. The molecule has 10 heteroatoms. The summed E-state index contributed by atoms with van der Waals surface area (Å²) in [7, 11) is -4.20. The second-order valence-electron chi connectivity index (χ2n) is 9.92. The van der Waals surface area contributed by atoms with Crippen LogP contribution in [-0.4, -0.2) is 44.3 Å². The summed E-state index contributed by atoms with van der Waals surface area (Å²) in [6.45, 7) is 7.22. The Balaban J connectivity index is 2.07. The average molecular weight is 588 g/mol. The number of nitrogens with zero attached hydrogens (tertiary/aromatic N) is 2. The first-order valence-electron chi connectivity index (χ1n) is 13.1. The fourth-order valence-corrected chi connectivity index (χ4v) is 5.89. The number of nitrogens with one attached hydrogen (secondary N) is 1. The summed E-state index contributed by atoms with van der Waals surface area (Å²) >= 11 is 6.35. The normalized spacial score (nSPS) is 12.2. The van der Waals surface area contributed by atoms with Gasteiger partial charge in [-0.25, -0.2) is 12.8 Å². The van der Waals surface area contributed by atoms with Crippen molar-refractivity contribution in [1.82, 2.24) is 10.2 Å². The van der Waals surface area contributed by atoms with Gasteiger partial charge in [0.1, 0.15) is 18.4 Å². The molecule has 3 aromatic carbocycles. The molecule has 0 aliphatic carbocycles. The molecule has 0 saturated heterocycles. The van der Waals surface area contributed by atoms with Gasteiger partial charge < -0.3 is 10.2 Å². The van der Waals surface area contributed by atoms with Gasteiger partial charge in [-0.1, -0.05) is 68.8 Å². The summed E-state index contributed by atoms with van der Waals surface area (Å²) in [5, 5.41) is 3.23. The van der Waals surface area contributed by atoms with E-state index in [0.717, 1.165) is 4.31 Å². The van der Waals surface area contributed by atoms with Crippen LogP contribution in [0.25, 0.3) is 0 Å². The molecule has 3 rings (SSSR count). The van der Waals surface area contributed by atoms with Crippen LogP contribution in [-0.2, 0) is 26.2 Å². The highest BCUT2D eigenvalue weighted by molar-refractivity contribution is 7.92. The molecule has 0 aliphatic rings. The molecule has 40 heavy (non-hydrogen) atoms. The lowest BCUT2D eigenvalue weighted by Gasteiger charge is -2.33. The predicted octanol–water partition coefficient (Wildman–Crippen LogP) is 5.56. The molecule has 0 unspecified atom stereocenters. The van der Waals surface area contributed by atoms with Gasteiger partial charge in [-0.05, 0) is 66.8 Å². The first kappa shape index (κ1) is 31.1. The molecule has 2 amide bonds. The molecule has 0 bridgehead atoms. The monoisotopic (exact) mass is 587 g/mol. The quantitative estimate of drug-likeness (QED) is 0.300. The number of rotatable bonds is 12. The third kappa shape index (κ3) is 7.61. The van der Waals surface area contributed by atoms with Crippen molar-refractivity contribution in [3.8, 4) is 0 Å². The van der Waals surface area contributed by atoms with Crippen LogP contribution < -0.4 is 9.62 Å². The average Bonchev–Trinajstić information content (AvgIpc) is 2.93. The van der Waals surface area contributed by atoms with Crippen LogP contribution in [0.4, 0.5) is 10.1 Å². The Morgan fingerprint density at radius 3 is 2.23 bits per heavy atom. The minimum atomic E-state index is -4.20. The molecular weight excluding hydrogens is 553 g/mol. The van der Waals surface area contributed by atoms with Crippen LogP contribution >= 0.6 is 11.6 Å². The van der Waals surface area contributed by atoms with E-state index < -0.39 is 34.3 Å². The Morgan fingerprint density at radius 2 is 1.62 bits per heavy atom. The summed E-state index contributed by atoms with van der Waals surface area (Å²) in [4.78, 5) is 28.6. The van der Waals surface area contributed by atoms with Crippen LogP contribution in [0.5, 0.6) is 0 Å². The maximum atomic E-state index is 14.0. The van der Waals surface area contributed by atoms with E-state index in [-0.39, 0.29) is 29.0 Å². The van der Waals surface area contributed by atoms with E-state index in [9.17, 15) is 22.4 Å². The number of sulfonamides is 1. The Morgan fingerprint density at radius 1 is 0.975 bits per heavy atom. The van der Waals surface area contributed by atoms with E-state index >= 15 is 0 Å². The van der Waals surface area contributed by atoms with Crippen LogP contribution in [0.1, 0.15) is 38.3 Å². The zero-order chi connectivity index (χ0) is 29.4. The number of hydrogen-bond acceptors (Lipinski definition) is 4. The van der Waals surface area contributed by atoms with E-state index in [2.05, 4.69) is 5.32 Å². The molecule has 1 atom stereocenters. The standard InChI is InChI=1S/C30H35ClFN3O4S/c1-5-27(30(37)33-18-21(2)3)34(19-23-14-16-24(32)17-15-23)29(36)20-35(28-13-9-12-26(31)22(28)4)40(38,39)25-10-7-6-8-11-25/h6-17,21,27H,5,18-20H2,1-4H3,(H,33,37)/t27-/m0/s1. The third-order valence-electron chi connectivity index (χ3n) is 6.45. The van der Waals surface area contributed by atoms with Gasteiger partial charge in [-0.2, -0.15) is 0 Å². The van der Waals surface area contributed by atoms with Crippen LogP contribution in [0.3, 0.4) is 0 Å². The zero-order valence-corrected chi connectivity index (χ0v) is 24.7. The Labute approximate surface area is 241 Å².